The summed E-state index contributed by atoms with van der Waals surface area (Å²) < 4.78 is 151. The van der Waals surface area contributed by atoms with Gasteiger partial charge in [-0.3, -0.25) is 25.0 Å². The molecule has 14 N–H and O–H groups in total. The second-order valence-corrected chi connectivity index (χ2v) is 33.8. The molecule has 0 aliphatic rings. The van der Waals surface area contributed by atoms with Crippen LogP contribution in [0.25, 0.3) is 0 Å². The van der Waals surface area contributed by atoms with Gasteiger partial charge in [0.2, 0.25) is 42.5 Å². The Balaban J connectivity index is 0.000000441. The molecule has 0 bridgehead atoms. The quantitative estimate of drug-likeness (QED) is 0.00250. The maximum absolute atomic E-state index is 14.3. The van der Waals surface area contributed by atoms with Crippen molar-refractivity contribution < 1.29 is 86.2 Å². The van der Waals surface area contributed by atoms with Crippen molar-refractivity contribution in [3.63, 3.8) is 0 Å². The molecule has 0 aliphatic heterocycles. The van der Waals surface area contributed by atoms with E-state index in [0.717, 1.165) is 36.2 Å². The number of phenolic OH excluding ortho intramolecular Hbond substituents is 1. The van der Waals surface area contributed by atoms with E-state index < -0.39 is 68.8 Å². The van der Waals surface area contributed by atoms with E-state index in [0.29, 0.717) is 85.7 Å². The molecule has 145 heavy (non-hydrogen) atoms. The largest absolute Gasteiger partial charge is 0.508 e. The number of nitro benzene ring substituents is 2. The van der Waals surface area contributed by atoms with E-state index in [1.165, 1.54) is 66.7 Å². The first-order valence-corrected chi connectivity index (χ1v) is 53.3. The van der Waals surface area contributed by atoms with Crippen LogP contribution in [0.4, 0.5) is 98.1 Å². The van der Waals surface area contributed by atoms with Gasteiger partial charge in [-0.25, -0.2) is 78.0 Å². The molecule has 13 rings (SSSR count). The number of ketones is 1. The number of nitrogens with two attached hydrogens (primary N) is 4. The number of terminal acetylenes is 6. The number of sulfonamides is 2. The number of aromatic hydroxyl groups is 1. The molecule has 36 nitrogen and oxygen atoms in total. The Morgan fingerprint density at radius 1 is 0.434 bits per heavy atom. The van der Waals surface area contributed by atoms with Crippen LogP contribution < -0.4 is 72.0 Å². The topological polar surface area (TPSA) is 539 Å². The molecule has 50 heteroatoms. The molecule has 0 aliphatic carbocycles. The molecule has 9 aromatic carbocycles. The Morgan fingerprint density at radius 2 is 0.724 bits per heavy atom. The summed E-state index contributed by atoms with van der Waals surface area (Å²) in [6, 6.07) is 52.0. The van der Waals surface area contributed by atoms with Crippen LogP contribution >= 0.6 is 112 Å². The number of Topliss-reactive ketones (excluding diaryl/α,β-unsaturated/α-hetero) is 1. The molecule has 0 fully saturated rings. The number of primary sulfonamides is 2. The second kappa shape index (κ2) is 65.7. The number of hydrogen-bond donors (Lipinski definition) is 10. The lowest BCUT2D eigenvalue weighted by molar-refractivity contribution is -0.385. The molecule has 0 amide bonds. The smallest absolute Gasteiger partial charge is 0.269 e. The number of nitrogens with one attached hydrogen (secondary N) is 5. The Kier molecular flexibility index (Phi) is 56.5. The molecule has 758 valence electrons. The number of phenols is 1. The third-order valence-electron chi connectivity index (χ3n) is 16.7. The number of hydrogen-bond acceptors (Lipinski definition) is 32. The van der Waals surface area contributed by atoms with Gasteiger partial charge in [0.1, 0.15) is 79.1 Å². The lowest BCUT2D eigenvalue weighted by Crippen LogP contribution is -2.16. The van der Waals surface area contributed by atoms with Crippen molar-refractivity contribution in [1.82, 2.24) is 39.9 Å². The predicted octanol–water partition coefficient (Wildman–Crippen LogP) is 20.0. The van der Waals surface area contributed by atoms with Crippen molar-refractivity contribution in [1.29, 1.82) is 0 Å². The van der Waals surface area contributed by atoms with E-state index in [2.05, 4.69) is 155 Å². The van der Waals surface area contributed by atoms with Crippen LogP contribution in [0.5, 0.6) is 34.5 Å². The first-order valence-electron chi connectivity index (χ1n) is 40.0. The maximum Gasteiger partial charge on any atom is 0.269 e. The van der Waals surface area contributed by atoms with Crippen LogP contribution in [0.3, 0.4) is 0 Å². The average molecular weight is 2510 g/mol. The van der Waals surface area contributed by atoms with Gasteiger partial charge in [-0.2, -0.15) is 15.0 Å². The second-order valence-electron chi connectivity index (χ2n) is 27.2. The highest BCUT2D eigenvalue weighted by molar-refractivity contribution is 15.0. The lowest BCUT2D eigenvalue weighted by Gasteiger charge is -2.12. The third kappa shape index (κ3) is 47.5. The first-order chi connectivity index (χ1) is 68.4. The highest BCUT2D eigenvalue weighted by atomic mass is 128. The number of non-ortho nitro benzene ring substituents is 2. The summed E-state index contributed by atoms with van der Waals surface area (Å²) in [6.45, 7) is 7.49. The fraction of sp³-hybridized carbons (Fsp3) is 0.126. The fourth-order valence-electron chi connectivity index (χ4n) is 10.1. The summed E-state index contributed by atoms with van der Waals surface area (Å²) in [6.07, 6.45) is 34.1. The highest BCUT2D eigenvalue weighted by Gasteiger charge is 2.23. The summed E-state index contributed by atoms with van der Waals surface area (Å²) >= 11 is 23.3. The number of aryl methyl sites for hydroxylation is 3. The van der Waals surface area contributed by atoms with E-state index >= 15 is 0 Å². The first kappa shape index (κ1) is 125. The zero-order valence-electron chi connectivity index (χ0n) is 76.2. The molecule has 0 atom stereocenters. The molecular formula is C95H86BrCl3F4I3N19O17S3. The minimum Gasteiger partial charge on any atom is -0.508 e. The number of benzene rings is 9. The standard InChI is InChI=1S/C24H23FN4O4S.C20H18FN5O3S.C13H9ClFN3O.C9H7NO3.C9H9NO.C7H10N2O2S.C6H5NO3.C4HCl2FN2.C3H3Br.I2.HI/c1-4-12-33-20-10-8-17(9-11-20)27-23-21(25)14-26-24(29-23)28-18-7-6-16(3)22(13-18)34(31,32)15-19(30)5-2;1-3-10-29-16-8-6-14(7-9-16)24-19-17(21)12-23-20(26-19)25-15-5-4-13(2)18(11-15)30(22,27)28;1-2-7-19-10-5-3-9(4-6-10)17-12-11(15)8-16-13(14)18-12;1-2-7-13-9-5-3-8(4-6-9)10(11)12;1-2-7-11-9-5-3-8(10)4-6-9;1-5-2-3-6(8)4-7(5)12(9,10)11;8-6-3-1-5(2-4-6)7(9)10;5-3-2(7)1-8-4(6)9-3;1-2-3-4;1-2;/h1,6-11,13-14H,5,12,15H2,2-3H3,(H2,26,27,28,29);1,4-9,11-12H,10H2,2H3,(H2,22,27,28)(H2,23,24,25,26);1,3-6,8H,7H2,(H,16,17,18);1,3-6H,7H2;1,3-6H,7,10H2;2-4H,8H2,1H3,(H2,9,10,11);1-4,8H;1H;1H,3H2;;1H. The minimum atomic E-state index is -3.89. The van der Waals surface area contributed by atoms with Gasteiger partial charge in [0, 0.05) is 108 Å². The van der Waals surface area contributed by atoms with Gasteiger partial charge in [-0.15, -0.1) is 62.5 Å². The zero-order valence-corrected chi connectivity index (χ0v) is 89.1. The minimum absolute atomic E-state index is 0. The Bertz CT molecular complexity index is 7110. The monoisotopic (exact) mass is 2500 g/mol. The van der Waals surface area contributed by atoms with Gasteiger partial charge in [0.25, 0.3) is 11.4 Å². The number of nitro groups is 2. The predicted molar refractivity (Wildman–Crippen MR) is 583 cm³/mol. The van der Waals surface area contributed by atoms with Crippen molar-refractivity contribution in [3.05, 3.63) is 301 Å². The van der Waals surface area contributed by atoms with Gasteiger partial charge >= 0.3 is 0 Å². The number of rotatable bonds is 28. The Labute approximate surface area is 896 Å². The van der Waals surface area contributed by atoms with Gasteiger partial charge in [0.15, 0.2) is 55.7 Å². The number of ether oxygens (including phenoxy) is 5. The fourth-order valence-corrected chi connectivity index (χ4v) is 13.8. The van der Waals surface area contributed by atoms with Crippen molar-refractivity contribution in [2.24, 2.45) is 10.3 Å². The van der Waals surface area contributed by atoms with Crippen molar-refractivity contribution in [2.45, 2.75) is 48.8 Å². The Morgan fingerprint density at radius 3 is 1.05 bits per heavy atom. The Hall–Kier alpha value is -14.4. The number of carbonyl (C=O) groups excluding carboxylic acids is 1. The molecule has 0 saturated heterocycles. The van der Waals surface area contributed by atoms with E-state index in [1.54, 1.807) is 161 Å². The number of anilines is 12. The summed E-state index contributed by atoms with van der Waals surface area (Å²) in [4.78, 5) is 61.1. The molecule has 4 heterocycles. The summed E-state index contributed by atoms with van der Waals surface area (Å²) in [7, 11) is -11.3. The number of nitrogens with zero attached hydrogens (tertiary/aromatic N) is 10. The van der Waals surface area contributed by atoms with Crippen LogP contribution in [-0.2, 0) is 34.7 Å². The van der Waals surface area contributed by atoms with Gasteiger partial charge in [0.05, 0.1) is 54.7 Å². The van der Waals surface area contributed by atoms with Crippen LogP contribution in [0.15, 0.2) is 240 Å². The number of carbonyl (C=O) groups is 1. The summed E-state index contributed by atoms with van der Waals surface area (Å²) in [5, 5.41) is 53.7. The van der Waals surface area contributed by atoms with Gasteiger partial charge in [-0.05, 0) is 218 Å². The maximum atomic E-state index is 14.3. The molecule has 0 radical (unpaired) electrons. The van der Waals surface area contributed by atoms with Crippen LogP contribution in [0.2, 0.25) is 15.7 Å². The molecule has 4 aromatic heterocycles. The number of halogens is 11. The van der Waals surface area contributed by atoms with Gasteiger partial charge in [-0.1, -0.05) is 88.2 Å². The zero-order chi connectivity index (χ0) is 107. The SMILES string of the molecule is C#CCBr.C#CCOc1ccc(N)cc1.C#CCOc1ccc(Nc2nc(Cl)ncc2F)cc1.C#CCOc1ccc(Nc2nc(Nc3ccc(C)c(S(=O)(=O)CC(=O)CC)c3)ncc2F)cc1.C#CCOc1ccc(Nc2nc(Nc3ccc(C)c(S(N)(=O)=O)c3)ncc2F)cc1.C#CCOc1ccc([N+](=O)[O-])cc1.Cc1ccc(N)cc1S(N)(=O)=O.Fc1cnc(Cl)nc1Cl.I.II.O=[N+]([O-])c1ccc(O)cc1. The number of aromatic nitrogens is 8. The van der Waals surface area contributed by atoms with E-state index in [4.69, 9.17) is 124 Å². The third-order valence-corrected chi connectivity index (χ3v) is 21.6. The molecule has 0 unspecified atom stereocenters. The van der Waals surface area contributed by atoms with E-state index in [1.807, 2.05) is 0 Å². The van der Waals surface area contributed by atoms with Crippen LogP contribution in [-0.4, -0.2) is 130 Å². The molecule has 0 saturated carbocycles. The summed E-state index contributed by atoms with van der Waals surface area (Å²) in [5.74, 6) is 13.7. The summed E-state index contributed by atoms with van der Waals surface area (Å²) in [5.41, 5.74) is 16.1. The van der Waals surface area contributed by atoms with E-state index in [9.17, 15) is 67.8 Å². The average Bonchev–Trinajstić information content (AvgIpc) is 0.814. The van der Waals surface area contributed by atoms with E-state index in [-0.39, 0.29) is 139 Å². The van der Waals surface area contributed by atoms with Crippen molar-refractivity contribution >= 4 is 228 Å². The van der Waals surface area contributed by atoms with Crippen molar-refractivity contribution in [2.75, 3.05) is 82.2 Å². The molecule has 13 aromatic rings. The number of alkyl halides is 1. The van der Waals surface area contributed by atoms with Gasteiger partial charge < -0.3 is 66.8 Å². The number of sulfone groups is 1. The van der Waals surface area contributed by atoms with Crippen molar-refractivity contribution in [3.8, 4) is 109 Å². The normalized spacial score (nSPS) is 9.89. The molecule has 0 spiro atoms. The number of nitrogen functional groups attached to an aromatic ring is 2. The van der Waals surface area contributed by atoms with Crippen LogP contribution in [0.1, 0.15) is 30.0 Å². The lowest BCUT2D eigenvalue weighted by atomic mass is 10.2. The molecular weight excluding hydrogens is 2420 g/mol. The van der Waals surface area contributed by atoms with Crippen LogP contribution in [0, 0.1) is 138 Å². The highest BCUT2D eigenvalue weighted by Crippen LogP contribution is 2.31.